The second kappa shape index (κ2) is 5.60. The van der Waals surface area contributed by atoms with E-state index in [-0.39, 0.29) is 5.54 Å². The zero-order valence-electron chi connectivity index (χ0n) is 12.6. The number of hydrogen-bond acceptors (Lipinski definition) is 2. The fourth-order valence-electron chi connectivity index (χ4n) is 2.47. The highest BCUT2D eigenvalue weighted by Crippen LogP contribution is 2.32. The third-order valence-electron chi connectivity index (χ3n) is 3.22. The second-order valence-corrected chi connectivity index (χ2v) is 6.94. The van der Waals surface area contributed by atoms with Crippen LogP contribution in [0.5, 0.6) is 0 Å². The van der Waals surface area contributed by atoms with E-state index in [2.05, 4.69) is 54.3 Å². The number of nitrogen functional groups attached to an aromatic ring is 1. The average Bonchev–Trinajstić information content (AvgIpc) is 2.66. The Morgan fingerprint density at radius 1 is 1.30 bits per heavy atom. The maximum atomic E-state index is 6.39. The molecule has 2 aromatic rings. The average molecular weight is 336 g/mol. The summed E-state index contributed by atoms with van der Waals surface area (Å²) in [5.41, 5.74) is 8.26. The number of imidazole rings is 1. The second-order valence-electron chi connectivity index (χ2n) is 6.03. The smallest absolute Gasteiger partial charge is 0.132 e. The van der Waals surface area contributed by atoms with Gasteiger partial charge in [-0.1, -0.05) is 35.0 Å². The van der Waals surface area contributed by atoms with Crippen LogP contribution in [0.15, 0.2) is 28.7 Å². The first kappa shape index (κ1) is 15.1. The molecule has 0 aliphatic carbocycles. The summed E-state index contributed by atoms with van der Waals surface area (Å²) in [6.45, 7) is 8.65. The molecule has 4 heteroatoms. The number of nitrogens with two attached hydrogens (primary N) is 1. The Balaban J connectivity index is 2.61. The molecule has 2 N–H and O–H groups in total. The van der Waals surface area contributed by atoms with Crippen molar-refractivity contribution in [3.63, 3.8) is 0 Å². The third-order valence-corrected chi connectivity index (χ3v) is 3.72. The van der Waals surface area contributed by atoms with Crippen LogP contribution in [0, 0.1) is 0 Å². The van der Waals surface area contributed by atoms with E-state index in [4.69, 9.17) is 10.7 Å². The van der Waals surface area contributed by atoms with Gasteiger partial charge in [0, 0.05) is 22.0 Å². The largest absolute Gasteiger partial charge is 0.383 e. The van der Waals surface area contributed by atoms with Gasteiger partial charge in [-0.15, -0.1) is 0 Å². The molecule has 0 aliphatic heterocycles. The van der Waals surface area contributed by atoms with E-state index in [9.17, 15) is 0 Å². The molecular weight excluding hydrogens is 314 g/mol. The molecule has 0 saturated heterocycles. The molecule has 1 aromatic carbocycles. The van der Waals surface area contributed by atoms with Crippen molar-refractivity contribution in [1.82, 2.24) is 9.55 Å². The zero-order chi connectivity index (χ0) is 14.9. The van der Waals surface area contributed by atoms with Crippen molar-refractivity contribution < 1.29 is 0 Å². The Morgan fingerprint density at radius 3 is 2.55 bits per heavy atom. The van der Waals surface area contributed by atoms with E-state index in [1.807, 2.05) is 18.2 Å². The van der Waals surface area contributed by atoms with Gasteiger partial charge in [0.1, 0.15) is 17.3 Å². The number of aromatic nitrogens is 2. The van der Waals surface area contributed by atoms with Crippen LogP contribution < -0.4 is 5.73 Å². The molecule has 0 radical (unpaired) electrons. The standard InChI is InChI=1S/C16H22BrN3/c1-5-7-13-19-14(11-8-6-9-12(17)10-11)15(18)20(13)16(2,3)4/h6,8-10H,5,7,18H2,1-4H3. The lowest BCUT2D eigenvalue weighted by atomic mass is 10.1. The van der Waals surface area contributed by atoms with E-state index in [1.165, 1.54) is 0 Å². The Bertz CT molecular complexity index is 609. The van der Waals surface area contributed by atoms with Crippen LogP contribution in [0.3, 0.4) is 0 Å². The highest BCUT2D eigenvalue weighted by molar-refractivity contribution is 9.10. The van der Waals surface area contributed by atoms with Gasteiger partial charge in [0.05, 0.1) is 0 Å². The van der Waals surface area contributed by atoms with Crippen molar-refractivity contribution >= 4 is 21.7 Å². The van der Waals surface area contributed by atoms with Gasteiger partial charge in [-0.3, -0.25) is 0 Å². The van der Waals surface area contributed by atoms with Crippen molar-refractivity contribution in [3.05, 3.63) is 34.6 Å². The summed E-state index contributed by atoms with van der Waals surface area (Å²) in [5, 5.41) is 0. The van der Waals surface area contributed by atoms with Gasteiger partial charge in [-0.25, -0.2) is 4.98 Å². The molecule has 3 nitrogen and oxygen atoms in total. The number of anilines is 1. The zero-order valence-corrected chi connectivity index (χ0v) is 14.2. The predicted octanol–water partition coefficient (Wildman–Crippen LogP) is 4.60. The lowest BCUT2D eigenvalue weighted by molar-refractivity contribution is 0.387. The van der Waals surface area contributed by atoms with Gasteiger partial charge in [0.25, 0.3) is 0 Å². The van der Waals surface area contributed by atoms with Crippen molar-refractivity contribution in [2.45, 2.75) is 46.1 Å². The fraction of sp³-hybridized carbons (Fsp3) is 0.438. The van der Waals surface area contributed by atoms with Crippen molar-refractivity contribution in [2.75, 3.05) is 5.73 Å². The van der Waals surface area contributed by atoms with Gasteiger partial charge in [0.15, 0.2) is 0 Å². The molecule has 108 valence electrons. The van der Waals surface area contributed by atoms with E-state index in [0.717, 1.165) is 40.2 Å². The fourth-order valence-corrected chi connectivity index (χ4v) is 2.87. The first-order chi connectivity index (χ1) is 9.34. The van der Waals surface area contributed by atoms with Gasteiger partial charge in [-0.2, -0.15) is 0 Å². The quantitative estimate of drug-likeness (QED) is 0.890. The van der Waals surface area contributed by atoms with Crippen molar-refractivity contribution in [1.29, 1.82) is 0 Å². The molecule has 1 aromatic heterocycles. The number of nitrogens with zero attached hydrogens (tertiary/aromatic N) is 2. The molecule has 0 bridgehead atoms. The van der Waals surface area contributed by atoms with E-state index < -0.39 is 0 Å². The molecule has 1 heterocycles. The van der Waals surface area contributed by atoms with Crippen molar-refractivity contribution in [3.8, 4) is 11.3 Å². The normalized spacial score (nSPS) is 11.8. The van der Waals surface area contributed by atoms with Gasteiger partial charge < -0.3 is 10.3 Å². The Hall–Kier alpha value is -1.29. The van der Waals surface area contributed by atoms with Crippen molar-refractivity contribution in [2.24, 2.45) is 0 Å². The number of hydrogen-bond donors (Lipinski definition) is 1. The first-order valence-corrected chi connectivity index (χ1v) is 7.77. The summed E-state index contributed by atoms with van der Waals surface area (Å²) in [6, 6.07) is 8.12. The monoisotopic (exact) mass is 335 g/mol. The summed E-state index contributed by atoms with van der Waals surface area (Å²) in [6.07, 6.45) is 2.00. The van der Waals surface area contributed by atoms with Crippen LogP contribution in [-0.2, 0) is 12.0 Å². The molecule has 2 rings (SSSR count). The molecule has 0 atom stereocenters. The Kier molecular flexibility index (Phi) is 4.23. The molecule has 0 amide bonds. The van der Waals surface area contributed by atoms with Crippen LogP contribution in [-0.4, -0.2) is 9.55 Å². The molecule has 20 heavy (non-hydrogen) atoms. The molecule has 0 unspecified atom stereocenters. The predicted molar refractivity (Wildman–Crippen MR) is 88.8 cm³/mol. The Morgan fingerprint density at radius 2 is 2.00 bits per heavy atom. The maximum absolute atomic E-state index is 6.39. The van der Waals surface area contributed by atoms with Gasteiger partial charge in [0.2, 0.25) is 0 Å². The Labute approximate surface area is 129 Å². The summed E-state index contributed by atoms with van der Waals surface area (Å²) in [7, 11) is 0. The minimum atomic E-state index is -0.0636. The summed E-state index contributed by atoms with van der Waals surface area (Å²) in [5.74, 6) is 1.81. The summed E-state index contributed by atoms with van der Waals surface area (Å²) < 4.78 is 3.20. The minimum Gasteiger partial charge on any atom is -0.383 e. The third kappa shape index (κ3) is 2.90. The molecular formula is C16H22BrN3. The van der Waals surface area contributed by atoms with Crippen LogP contribution in [0.1, 0.15) is 39.9 Å². The minimum absolute atomic E-state index is 0.0636. The van der Waals surface area contributed by atoms with E-state index >= 15 is 0 Å². The van der Waals surface area contributed by atoms with E-state index in [0.29, 0.717) is 0 Å². The van der Waals surface area contributed by atoms with Crippen LogP contribution in [0.2, 0.25) is 0 Å². The van der Waals surface area contributed by atoms with Crippen LogP contribution in [0.4, 0.5) is 5.82 Å². The molecule has 0 saturated carbocycles. The summed E-state index contributed by atoms with van der Waals surface area (Å²) in [4.78, 5) is 4.79. The lowest BCUT2D eigenvalue weighted by Gasteiger charge is -2.25. The van der Waals surface area contributed by atoms with Gasteiger partial charge >= 0.3 is 0 Å². The molecule has 0 spiro atoms. The SMILES string of the molecule is CCCc1nc(-c2cccc(Br)c2)c(N)n1C(C)(C)C. The highest BCUT2D eigenvalue weighted by atomic mass is 79.9. The van der Waals surface area contributed by atoms with E-state index in [1.54, 1.807) is 0 Å². The van der Waals surface area contributed by atoms with Crippen LogP contribution in [0.25, 0.3) is 11.3 Å². The summed E-state index contributed by atoms with van der Waals surface area (Å²) >= 11 is 3.50. The topological polar surface area (TPSA) is 43.8 Å². The number of halogens is 1. The molecule has 0 fully saturated rings. The first-order valence-electron chi connectivity index (χ1n) is 6.98. The van der Waals surface area contributed by atoms with Gasteiger partial charge in [-0.05, 0) is 39.3 Å². The van der Waals surface area contributed by atoms with Crippen LogP contribution >= 0.6 is 15.9 Å². The number of benzene rings is 1. The number of aryl methyl sites for hydroxylation is 1. The highest BCUT2D eigenvalue weighted by Gasteiger charge is 2.24. The molecule has 0 aliphatic rings. The maximum Gasteiger partial charge on any atom is 0.132 e. The number of rotatable bonds is 3. The lowest BCUT2D eigenvalue weighted by Crippen LogP contribution is -2.25.